The fourth-order valence-electron chi connectivity index (χ4n) is 3.55. The highest BCUT2D eigenvalue weighted by atomic mass is 16.3. The van der Waals surface area contributed by atoms with Gasteiger partial charge in [-0.3, -0.25) is 5.32 Å². The van der Waals surface area contributed by atoms with E-state index in [0.717, 1.165) is 24.7 Å². The summed E-state index contributed by atoms with van der Waals surface area (Å²) < 4.78 is 0. The predicted molar refractivity (Wildman–Crippen MR) is 41.9 cm³/mol. The first-order valence-electron chi connectivity index (χ1n) is 4.74. The SMILES string of the molecule is O[C@]12C[C@@H]3C[C@@H](C[C@H](C3)N1)C2. The molecular formula is C9H15NO. The van der Waals surface area contributed by atoms with Gasteiger partial charge < -0.3 is 5.11 Å². The zero-order chi connectivity index (χ0) is 7.47. The number of hydrogen-bond acceptors (Lipinski definition) is 2. The second-order valence-corrected chi connectivity index (χ2v) is 4.72. The molecule has 4 rings (SSSR count). The molecule has 2 aliphatic heterocycles. The van der Waals surface area contributed by atoms with Crippen molar-refractivity contribution >= 4 is 0 Å². The Morgan fingerprint density at radius 3 is 2.18 bits per heavy atom. The summed E-state index contributed by atoms with van der Waals surface area (Å²) in [5, 5.41) is 13.3. The highest BCUT2D eigenvalue weighted by Crippen LogP contribution is 2.48. The predicted octanol–water partition coefficient (Wildman–Crippen LogP) is 0.857. The lowest BCUT2D eigenvalue weighted by Crippen LogP contribution is -2.64. The molecule has 4 atom stereocenters. The highest BCUT2D eigenvalue weighted by Gasteiger charge is 2.49. The van der Waals surface area contributed by atoms with Gasteiger partial charge in [0.1, 0.15) is 5.72 Å². The van der Waals surface area contributed by atoms with E-state index < -0.39 is 5.72 Å². The fourth-order valence-corrected chi connectivity index (χ4v) is 3.55. The average Bonchev–Trinajstić information content (AvgIpc) is 1.79. The maximum atomic E-state index is 9.99. The van der Waals surface area contributed by atoms with Gasteiger partial charge >= 0.3 is 0 Å². The Hall–Kier alpha value is -0.0800. The van der Waals surface area contributed by atoms with Crippen molar-refractivity contribution in [2.45, 2.75) is 43.9 Å². The van der Waals surface area contributed by atoms with Crippen LogP contribution in [0, 0.1) is 11.8 Å². The molecule has 0 spiro atoms. The third-order valence-electron chi connectivity index (χ3n) is 3.63. The van der Waals surface area contributed by atoms with E-state index in [1.165, 1.54) is 19.3 Å². The molecule has 0 radical (unpaired) electrons. The van der Waals surface area contributed by atoms with Gasteiger partial charge in [-0.2, -0.15) is 0 Å². The summed E-state index contributed by atoms with van der Waals surface area (Å²) in [5.74, 6) is 1.66. The van der Waals surface area contributed by atoms with Gasteiger partial charge in [0.05, 0.1) is 0 Å². The van der Waals surface area contributed by atoms with Crippen LogP contribution in [0.1, 0.15) is 32.1 Å². The van der Waals surface area contributed by atoms with Crippen LogP contribution >= 0.6 is 0 Å². The number of rotatable bonds is 0. The molecule has 62 valence electrons. The zero-order valence-corrected chi connectivity index (χ0v) is 6.71. The molecule has 2 saturated carbocycles. The summed E-state index contributed by atoms with van der Waals surface area (Å²) in [4.78, 5) is 0. The molecule has 0 aromatic carbocycles. The molecule has 4 fully saturated rings. The van der Waals surface area contributed by atoms with Crippen LogP contribution in [0.4, 0.5) is 0 Å². The van der Waals surface area contributed by atoms with Crippen molar-refractivity contribution in [1.29, 1.82) is 0 Å². The van der Waals surface area contributed by atoms with Crippen LogP contribution in [0.15, 0.2) is 0 Å². The quantitative estimate of drug-likeness (QED) is 0.541. The minimum absolute atomic E-state index is 0.450. The molecule has 4 bridgehead atoms. The van der Waals surface area contributed by atoms with Gasteiger partial charge in [-0.25, -0.2) is 0 Å². The van der Waals surface area contributed by atoms with Gasteiger partial charge in [0.2, 0.25) is 0 Å². The third-order valence-corrected chi connectivity index (χ3v) is 3.63. The molecule has 4 aliphatic rings. The van der Waals surface area contributed by atoms with Gasteiger partial charge in [-0.1, -0.05) is 0 Å². The van der Waals surface area contributed by atoms with Crippen molar-refractivity contribution in [3.05, 3.63) is 0 Å². The molecule has 0 unspecified atom stereocenters. The van der Waals surface area contributed by atoms with Gasteiger partial charge in [0.25, 0.3) is 0 Å². The van der Waals surface area contributed by atoms with Crippen molar-refractivity contribution in [1.82, 2.24) is 5.32 Å². The van der Waals surface area contributed by atoms with Gasteiger partial charge in [-0.15, -0.1) is 0 Å². The molecule has 2 N–H and O–H groups in total. The minimum Gasteiger partial charge on any atom is -0.376 e. The lowest BCUT2D eigenvalue weighted by Gasteiger charge is -2.54. The lowest BCUT2D eigenvalue weighted by atomic mass is 9.63. The summed E-state index contributed by atoms with van der Waals surface area (Å²) in [7, 11) is 0. The molecule has 0 aromatic heterocycles. The van der Waals surface area contributed by atoms with Gasteiger partial charge in [-0.05, 0) is 43.9 Å². The second-order valence-electron chi connectivity index (χ2n) is 4.72. The van der Waals surface area contributed by atoms with E-state index in [-0.39, 0.29) is 0 Å². The first-order chi connectivity index (χ1) is 5.23. The van der Waals surface area contributed by atoms with E-state index in [2.05, 4.69) is 5.32 Å². The molecule has 2 nitrogen and oxygen atoms in total. The molecule has 2 aliphatic carbocycles. The van der Waals surface area contributed by atoms with Crippen molar-refractivity contribution in [2.24, 2.45) is 11.8 Å². The Bertz CT molecular complexity index is 155. The normalized spacial score (nSPS) is 60.3. The zero-order valence-electron chi connectivity index (χ0n) is 6.71. The first-order valence-corrected chi connectivity index (χ1v) is 4.74. The van der Waals surface area contributed by atoms with Crippen molar-refractivity contribution in [3.63, 3.8) is 0 Å². The highest BCUT2D eigenvalue weighted by molar-refractivity contribution is 5.02. The van der Waals surface area contributed by atoms with Crippen LogP contribution in [-0.4, -0.2) is 16.9 Å². The summed E-state index contributed by atoms with van der Waals surface area (Å²) >= 11 is 0. The Kier molecular flexibility index (Phi) is 1.06. The topological polar surface area (TPSA) is 32.3 Å². The average molecular weight is 153 g/mol. The minimum atomic E-state index is -0.450. The molecule has 2 heterocycles. The van der Waals surface area contributed by atoms with Crippen molar-refractivity contribution in [3.8, 4) is 0 Å². The number of piperidine rings is 2. The summed E-state index contributed by atoms with van der Waals surface area (Å²) in [6, 6.07) is 0.645. The Labute approximate surface area is 67.0 Å². The molecular weight excluding hydrogens is 138 g/mol. The smallest absolute Gasteiger partial charge is 0.116 e. The van der Waals surface area contributed by atoms with E-state index in [9.17, 15) is 5.11 Å². The van der Waals surface area contributed by atoms with E-state index in [1.807, 2.05) is 0 Å². The number of aliphatic hydroxyl groups is 1. The van der Waals surface area contributed by atoms with E-state index in [4.69, 9.17) is 0 Å². The fraction of sp³-hybridized carbons (Fsp3) is 1.00. The maximum Gasteiger partial charge on any atom is 0.116 e. The summed E-state index contributed by atoms with van der Waals surface area (Å²) in [6.07, 6.45) is 6.05. The third kappa shape index (κ3) is 0.859. The molecule has 2 saturated heterocycles. The molecule has 0 aromatic rings. The van der Waals surface area contributed by atoms with Crippen molar-refractivity contribution < 1.29 is 5.11 Å². The maximum absolute atomic E-state index is 9.99. The van der Waals surface area contributed by atoms with Crippen LogP contribution in [0.25, 0.3) is 0 Å². The number of hydrogen-bond donors (Lipinski definition) is 2. The van der Waals surface area contributed by atoms with Crippen LogP contribution < -0.4 is 5.32 Å². The van der Waals surface area contributed by atoms with Crippen LogP contribution in [0.2, 0.25) is 0 Å². The van der Waals surface area contributed by atoms with Gasteiger partial charge in [0.15, 0.2) is 0 Å². The van der Waals surface area contributed by atoms with E-state index in [0.29, 0.717) is 6.04 Å². The summed E-state index contributed by atoms with van der Waals surface area (Å²) in [6.45, 7) is 0. The van der Waals surface area contributed by atoms with E-state index in [1.54, 1.807) is 0 Å². The van der Waals surface area contributed by atoms with Gasteiger partial charge in [0, 0.05) is 6.04 Å². The van der Waals surface area contributed by atoms with Crippen LogP contribution in [-0.2, 0) is 0 Å². The standard InChI is InChI=1S/C9H15NO/c11-9-4-6-1-7(5-9)3-8(2-6)10-9/h6-8,10-11H,1-5H2/t6-,7+,8+,9+. The molecule has 11 heavy (non-hydrogen) atoms. The van der Waals surface area contributed by atoms with Crippen LogP contribution in [0.5, 0.6) is 0 Å². The Morgan fingerprint density at radius 1 is 1.09 bits per heavy atom. The Morgan fingerprint density at radius 2 is 1.73 bits per heavy atom. The molecule has 2 heteroatoms. The second kappa shape index (κ2) is 1.80. The largest absolute Gasteiger partial charge is 0.376 e. The first kappa shape index (κ1) is 6.44. The van der Waals surface area contributed by atoms with E-state index >= 15 is 0 Å². The number of nitrogens with one attached hydrogen (secondary N) is 1. The lowest BCUT2D eigenvalue weighted by molar-refractivity contribution is -0.133. The monoisotopic (exact) mass is 153 g/mol. The van der Waals surface area contributed by atoms with Crippen molar-refractivity contribution in [2.75, 3.05) is 0 Å². The Balaban J connectivity index is 1.94. The molecule has 0 amide bonds. The summed E-state index contributed by atoms with van der Waals surface area (Å²) in [5.41, 5.74) is -0.450. The van der Waals surface area contributed by atoms with Crippen LogP contribution in [0.3, 0.4) is 0 Å².